The van der Waals surface area contributed by atoms with E-state index in [4.69, 9.17) is 14.2 Å². The third-order valence-electron chi connectivity index (χ3n) is 10.5. The number of hydrogen-bond donors (Lipinski definition) is 0. The van der Waals surface area contributed by atoms with E-state index in [1.54, 1.807) is 0 Å². The largest absolute Gasteiger partial charge is 0.462 e. The topological polar surface area (TPSA) is 78.9 Å². The van der Waals surface area contributed by atoms with Gasteiger partial charge in [0.15, 0.2) is 6.10 Å². The van der Waals surface area contributed by atoms with Crippen LogP contribution in [0.3, 0.4) is 0 Å². The van der Waals surface area contributed by atoms with Crippen molar-refractivity contribution < 1.29 is 28.6 Å². The molecule has 0 aromatic rings. The van der Waals surface area contributed by atoms with Crippen LogP contribution in [-0.4, -0.2) is 37.2 Å². The first-order valence-corrected chi connectivity index (χ1v) is 23.4. The molecule has 0 spiro atoms. The lowest BCUT2D eigenvalue weighted by Gasteiger charge is -2.18. The second-order valence-corrected chi connectivity index (χ2v) is 16.5. The Morgan fingerprint density at radius 3 is 0.925 bits per heavy atom. The molecule has 6 heteroatoms. The lowest BCUT2D eigenvalue weighted by atomic mass is 10.0. The minimum Gasteiger partial charge on any atom is -0.462 e. The van der Waals surface area contributed by atoms with Crippen LogP contribution >= 0.6 is 0 Å². The summed E-state index contributed by atoms with van der Waals surface area (Å²) in [5.41, 5.74) is 0. The molecule has 0 rings (SSSR count). The molecule has 53 heavy (non-hydrogen) atoms. The zero-order chi connectivity index (χ0) is 38.9. The van der Waals surface area contributed by atoms with Crippen molar-refractivity contribution in [2.45, 2.75) is 265 Å². The van der Waals surface area contributed by atoms with Gasteiger partial charge in [0.2, 0.25) is 0 Å². The minimum atomic E-state index is -0.759. The number of rotatable bonds is 42. The SMILES string of the molecule is CCCCCCCCCCCCCCCCCCC(=O)OC[C@H](COC(=O)CCCCCCCCCCC)OC(=O)CCCCCCCCCC(C)C. The van der Waals surface area contributed by atoms with Crippen molar-refractivity contribution in [2.24, 2.45) is 5.92 Å². The Bertz CT molecular complexity index is 796. The fourth-order valence-electron chi connectivity index (χ4n) is 6.98. The molecule has 0 radical (unpaired) electrons. The van der Waals surface area contributed by atoms with Gasteiger partial charge in [-0.15, -0.1) is 0 Å². The second kappa shape index (κ2) is 41.6. The van der Waals surface area contributed by atoms with Gasteiger partial charge in [0.1, 0.15) is 13.2 Å². The Morgan fingerprint density at radius 2 is 0.623 bits per heavy atom. The first-order valence-electron chi connectivity index (χ1n) is 23.4. The first kappa shape index (κ1) is 51.4. The summed E-state index contributed by atoms with van der Waals surface area (Å²) in [7, 11) is 0. The molecule has 0 saturated heterocycles. The maximum absolute atomic E-state index is 12.7. The summed E-state index contributed by atoms with van der Waals surface area (Å²) in [4.78, 5) is 37.6. The molecule has 1 atom stereocenters. The van der Waals surface area contributed by atoms with Crippen molar-refractivity contribution in [3.63, 3.8) is 0 Å². The third-order valence-corrected chi connectivity index (χ3v) is 10.5. The highest BCUT2D eigenvalue weighted by atomic mass is 16.6. The molecule has 0 N–H and O–H groups in total. The van der Waals surface area contributed by atoms with Gasteiger partial charge in [0.25, 0.3) is 0 Å². The van der Waals surface area contributed by atoms with Crippen LogP contribution < -0.4 is 0 Å². The van der Waals surface area contributed by atoms with E-state index in [9.17, 15) is 14.4 Å². The normalized spacial score (nSPS) is 11.9. The molecule has 0 amide bonds. The van der Waals surface area contributed by atoms with Crippen LogP contribution in [0.1, 0.15) is 259 Å². The van der Waals surface area contributed by atoms with E-state index in [1.165, 1.54) is 154 Å². The van der Waals surface area contributed by atoms with Crippen LogP contribution in [0.25, 0.3) is 0 Å². The minimum absolute atomic E-state index is 0.0644. The van der Waals surface area contributed by atoms with Gasteiger partial charge in [0.05, 0.1) is 0 Å². The van der Waals surface area contributed by atoms with E-state index in [0.717, 1.165) is 63.7 Å². The summed E-state index contributed by atoms with van der Waals surface area (Å²) >= 11 is 0. The third kappa shape index (κ3) is 41.4. The van der Waals surface area contributed by atoms with Crippen molar-refractivity contribution in [3.8, 4) is 0 Å². The molecule has 0 aliphatic rings. The fraction of sp³-hybridized carbons (Fsp3) is 0.936. The van der Waals surface area contributed by atoms with Gasteiger partial charge in [-0.2, -0.15) is 0 Å². The molecule has 0 unspecified atom stereocenters. The number of hydrogen-bond acceptors (Lipinski definition) is 6. The highest BCUT2D eigenvalue weighted by Crippen LogP contribution is 2.16. The van der Waals surface area contributed by atoms with E-state index in [2.05, 4.69) is 27.7 Å². The van der Waals surface area contributed by atoms with Crippen molar-refractivity contribution in [2.75, 3.05) is 13.2 Å². The summed E-state index contributed by atoms with van der Waals surface area (Å²) in [5, 5.41) is 0. The van der Waals surface area contributed by atoms with Crippen molar-refractivity contribution in [1.29, 1.82) is 0 Å². The van der Waals surface area contributed by atoms with Gasteiger partial charge >= 0.3 is 17.9 Å². The smallest absolute Gasteiger partial charge is 0.306 e. The predicted octanol–water partition coefficient (Wildman–Crippen LogP) is 14.7. The summed E-state index contributed by atoms with van der Waals surface area (Å²) in [6.45, 7) is 8.94. The van der Waals surface area contributed by atoms with Crippen LogP contribution in [0.2, 0.25) is 0 Å². The summed E-state index contributed by atoms with van der Waals surface area (Å²) in [6, 6.07) is 0. The average molecular weight is 751 g/mol. The highest BCUT2D eigenvalue weighted by molar-refractivity contribution is 5.71. The molecule has 6 nitrogen and oxygen atoms in total. The predicted molar refractivity (Wildman–Crippen MR) is 224 cm³/mol. The van der Waals surface area contributed by atoms with E-state index in [1.807, 2.05) is 0 Å². The summed E-state index contributed by atoms with van der Waals surface area (Å²) < 4.78 is 16.7. The lowest BCUT2D eigenvalue weighted by molar-refractivity contribution is -0.167. The molecule has 0 aromatic carbocycles. The Labute approximate surface area is 329 Å². The maximum atomic E-state index is 12.7. The Morgan fingerprint density at radius 1 is 0.358 bits per heavy atom. The monoisotopic (exact) mass is 751 g/mol. The number of esters is 3. The van der Waals surface area contributed by atoms with Gasteiger partial charge in [-0.05, 0) is 25.2 Å². The highest BCUT2D eigenvalue weighted by Gasteiger charge is 2.19. The zero-order valence-corrected chi connectivity index (χ0v) is 36.0. The number of carbonyl (C=O) groups is 3. The quantitative estimate of drug-likeness (QED) is 0.0351. The van der Waals surface area contributed by atoms with Gasteiger partial charge in [-0.3, -0.25) is 14.4 Å². The van der Waals surface area contributed by atoms with Crippen LogP contribution in [0.15, 0.2) is 0 Å². The van der Waals surface area contributed by atoms with E-state index >= 15 is 0 Å². The van der Waals surface area contributed by atoms with Crippen molar-refractivity contribution >= 4 is 17.9 Å². The summed E-state index contributed by atoms with van der Waals surface area (Å²) in [5.74, 6) is -0.0799. The number of unbranched alkanes of at least 4 members (excludes halogenated alkanes) is 29. The number of ether oxygens (including phenoxy) is 3. The van der Waals surface area contributed by atoms with Crippen molar-refractivity contribution in [3.05, 3.63) is 0 Å². The lowest BCUT2D eigenvalue weighted by Crippen LogP contribution is -2.30. The Kier molecular flexibility index (Phi) is 40.3. The number of carbonyl (C=O) groups excluding carboxylic acids is 3. The first-order chi connectivity index (χ1) is 25.9. The molecule has 0 bridgehead atoms. The maximum Gasteiger partial charge on any atom is 0.306 e. The zero-order valence-electron chi connectivity index (χ0n) is 36.0. The van der Waals surface area contributed by atoms with Gasteiger partial charge in [0, 0.05) is 19.3 Å². The van der Waals surface area contributed by atoms with E-state index in [-0.39, 0.29) is 31.1 Å². The Balaban J connectivity index is 4.25. The van der Waals surface area contributed by atoms with Gasteiger partial charge < -0.3 is 14.2 Å². The molecule has 0 saturated carbocycles. The van der Waals surface area contributed by atoms with Crippen LogP contribution in [0, 0.1) is 5.92 Å². The van der Waals surface area contributed by atoms with Crippen LogP contribution in [0.5, 0.6) is 0 Å². The average Bonchev–Trinajstić information content (AvgIpc) is 3.14. The van der Waals surface area contributed by atoms with Crippen LogP contribution in [0.4, 0.5) is 0 Å². The van der Waals surface area contributed by atoms with Crippen LogP contribution in [-0.2, 0) is 28.6 Å². The Hall–Kier alpha value is -1.59. The van der Waals surface area contributed by atoms with E-state index in [0.29, 0.717) is 19.3 Å². The molecular weight excluding hydrogens is 661 g/mol. The molecule has 0 aliphatic heterocycles. The van der Waals surface area contributed by atoms with Gasteiger partial charge in [-0.25, -0.2) is 0 Å². The molecule has 0 fully saturated rings. The standard InChI is InChI=1S/C47H90O6/c1-5-7-9-11-13-15-16-17-18-19-20-21-23-27-31-35-39-46(49)52-42-44(41-51-45(48)38-34-30-26-22-14-12-10-8-6-2)53-47(50)40-36-32-28-24-25-29-33-37-43(3)4/h43-44H,5-42H2,1-4H3/t44-/m0/s1. The van der Waals surface area contributed by atoms with Gasteiger partial charge in [-0.1, -0.05) is 220 Å². The molecule has 0 aromatic heterocycles. The van der Waals surface area contributed by atoms with E-state index < -0.39 is 6.10 Å². The molecule has 0 heterocycles. The fourth-order valence-corrected chi connectivity index (χ4v) is 6.98. The second-order valence-electron chi connectivity index (χ2n) is 16.5. The molecule has 0 aliphatic carbocycles. The van der Waals surface area contributed by atoms with Crippen molar-refractivity contribution in [1.82, 2.24) is 0 Å². The molecular formula is C47H90O6. The molecule has 314 valence electrons. The summed E-state index contributed by atoms with van der Waals surface area (Å²) in [6.07, 6.45) is 41.0.